The fourth-order valence-corrected chi connectivity index (χ4v) is 3.87. The van der Waals surface area contributed by atoms with E-state index in [0.29, 0.717) is 0 Å². The molecule has 0 aliphatic heterocycles. The van der Waals surface area contributed by atoms with Gasteiger partial charge in [0.1, 0.15) is 6.33 Å². The van der Waals surface area contributed by atoms with Crippen LogP contribution in [0.3, 0.4) is 0 Å². The summed E-state index contributed by atoms with van der Waals surface area (Å²) < 4.78 is 3.89. The van der Waals surface area contributed by atoms with E-state index in [4.69, 9.17) is 0 Å². The summed E-state index contributed by atoms with van der Waals surface area (Å²) in [6.07, 6.45) is 3.40. The summed E-state index contributed by atoms with van der Waals surface area (Å²) in [5.41, 5.74) is 8.59. The van der Waals surface area contributed by atoms with Crippen LogP contribution in [-0.2, 0) is 27.2 Å². The van der Waals surface area contributed by atoms with Crippen LogP contribution in [0.5, 0.6) is 0 Å². The Balaban J connectivity index is 0.00000218. The van der Waals surface area contributed by atoms with E-state index in [9.17, 15) is 0 Å². The minimum absolute atomic E-state index is 0. The first-order valence-corrected chi connectivity index (χ1v) is 9.52. The predicted molar refractivity (Wildman–Crippen MR) is 115 cm³/mol. The van der Waals surface area contributed by atoms with Crippen molar-refractivity contribution in [2.75, 3.05) is 0 Å². The molecule has 0 bridgehead atoms. The minimum atomic E-state index is 0. The van der Waals surface area contributed by atoms with E-state index in [2.05, 4.69) is 71.4 Å². The third-order valence-corrected chi connectivity index (χ3v) is 5.26. The second-order valence-corrected chi connectivity index (χ2v) is 7.29. The monoisotopic (exact) mass is 571 g/mol. The molecule has 0 atom stereocenters. The van der Waals surface area contributed by atoms with Gasteiger partial charge >= 0.3 is 0 Å². The second-order valence-electron chi connectivity index (χ2n) is 7.29. The second kappa shape index (κ2) is 7.98. The zero-order valence-corrected chi connectivity index (χ0v) is 19.3. The first-order chi connectivity index (χ1) is 14.1. The van der Waals surface area contributed by atoms with Crippen LogP contribution in [0, 0.1) is 19.9 Å². The molecular weight excluding hydrogens is 551 g/mol. The molecule has 0 spiro atoms. The summed E-state index contributed by atoms with van der Waals surface area (Å²) >= 11 is 0. The standard InChI is InChI=1S/C24H20N5.Ir/c1-16-11-20(18-7-5-4-6-8-18)12-17(2)23(16)29-24(25-14-27-29)19-9-10-22-21(13-19)26-15-28(22)3;/h4-8,10-15H,1-3H3;/q-1;. The van der Waals surface area contributed by atoms with Crippen molar-refractivity contribution in [3.05, 3.63) is 84.4 Å². The van der Waals surface area contributed by atoms with E-state index >= 15 is 0 Å². The largest absolute Gasteiger partial charge is 0.373 e. The van der Waals surface area contributed by atoms with Crippen molar-refractivity contribution in [1.82, 2.24) is 24.3 Å². The number of aromatic nitrogens is 5. The van der Waals surface area contributed by atoms with Crippen molar-refractivity contribution in [2.45, 2.75) is 13.8 Å². The Hall–Kier alpha value is -3.08. The fourth-order valence-electron chi connectivity index (χ4n) is 3.87. The van der Waals surface area contributed by atoms with Gasteiger partial charge in [0, 0.05) is 32.7 Å². The van der Waals surface area contributed by atoms with Gasteiger partial charge in [0.2, 0.25) is 0 Å². The van der Waals surface area contributed by atoms with Gasteiger partial charge in [-0.05, 0) is 53.8 Å². The molecule has 0 aliphatic carbocycles. The smallest absolute Gasteiger partial charge is 0.127 e. The van der Waals surface area contributed by atoms with Crippen LogP contribution in [0.4, 0.5) is 0 Å². The average Bonchev–Trinajstić information content (AvgIpc) is 3.35. The minimum Gasteiger partial charge on any atom is -0.373 e. The van der Waals surface area contributed by atoms with Crippen molar-refractivity contribution in [3.63, 3.8) is 0 Å². The van der Waals surface area contributed by atoms with E-state index in [-0.39, 0.29) is 20.1 Å². The molecule has 0 amide bonds. The van der Waals surface area contributed by atoms with Gasteiger partial charge in [0.25, 0.3) is 0 Å². The third kappa shape index (κ3) is 3.38. The van der Waals surface area contributed by atoms with Crippen LogP contribution in [-0.4, -0.2) is 24.3 Å². The first kappa shape index (κ1) is 20.2. The number of rotatable bonds is 3. The van der Waals surface area contributed by atoms with Gasteiger partial charge in [-0.15, -0.1) is 23.8 Å². The molecule has 1 radical (unpaired) electrons. The first-order valence-electron chi connectivity index (χ1n) is 9.52. The summed E-state index contributed by atoms with van der Waals surface area (Å²) in [6, 6.07) is 22.1. The number of benzene rings is 3. The maximum absolute atomic E-state index is 4.53. The number of fused-ring (bicyclic) bond motifs is 1. The van der Waals surface area contributed by atoms with Crippen LogP contribution in [0.15, 0.2) is 67.3 Å². The molecule has 0 N–H and O–H groups in total. The number of hydrogen-bond acceptors (Lipinski definition) is 3. The molecular formula is C24H20IrN5-. The third-order valence-electron chi connectivity index (χ3n) is 5.26. The Morgan fingerprint density at radius 3 is 2.37 bits per heavy atom. The molecule has 5 nitrogen and oxygen atoms in total. The normalized spacial score (nSPS) is 10.9. The molecule has 0 fully saturated rings. The van der Waals surface area contributed by atoms with Gasteiger partial charge in [0.05, 0.1) is 17.8 Å². The van der Waals surface area contributed by atoms with Gasteiger partial charge in [-0.2, -0.15) is 5.10 Å². The van der Waals surface area contributed by atoms with Crippen molar-refractivity contribution in [3.8, 4) is 28.2 Å². The molecule has 0 saturated heterocycles. The molecule has 3 aromatic carbocycles. The number of aryl methyl sites for hydroxylation is 3. The van der Waals surface area contributed by atoms with Crippen molar-refractivity contribution < 1.29 is 20.1 Å². The molecule has 6 heteroatoms. The van der Waals surface area contributed by atoms with Crippen molar-refractivity contribution in [1.29, 1.82) is 0 Å². The fraction of sp³-hybridized carbons (Fsp3) is 0.125. The average molecular weight is 571 g/mol. The van der Waals surface area contributed by atoms with E-state index in [1.54, 1.807) is 6.33 Å². The molecule has 0 aliphatic rings. The molecule has 5 aromatic rings. The molecule has 151 valence electrons. The van der Waals surface area contributed by atoms with Crippen molar-refractivity contribution >= 4 is 11.0 Å². The summed E-state index contributed by atoms with van der Waals surface area (Å²) in [5, 5.41) is 4.53. The molecule has 0 unspecified atom stereocenters. The van der Waals surface area contributed by atoms with Crippen LogP contribution < -0.4 is 0 Å². The molecule has 5 rings (SSSR count). The zero-order chi connectivity index (χ0) is 20.0. The number of hydrogen-bond donors (Lipinski definition) is 0. The predicted octanol–water partition coefficient (Wildman–Crippen LogP) is 4.90. The van der Waals surface area contributed by atoms with E-state index in [1.807, 2.05) is 40.8 Å². The Kier molecular flexibility index (Phi) is 5.37. The Morgan fingerprint density at radius 2 is 1.63 bits per heavy atom. The van der Waals surface area contributed by atoms with Gasteiger partial charge in [-0.25, -0.2) is 0 Å². The quantitative estimate of drug-likeness (QED) is 0.290. The van der Waals surface area contributed by atoms with Gasteiger partial charge in [0.15, 0.2) is 0 Å². The van der Waals surface area contributed by atoms with Crippen LogP contribution in [0.25, 0.3) is 39.2 Å². The summed E-state index contributed by atoms with van der Waals surface area (Å²) in [6.45, 7) is 4.23. The Morgan fingerprint density at radius 1 is 0.900 bits per heavy atom. The van der Waals surface area contributed by atoms with Gasteiger partial charge < -0.3 is 4.57 Å². The summed E-state index contributed by atoms with van der Waals surface area (Å²) in [7, 11) is 1.98. The maximum Gasteiger partial charge on any atom is 0.127 e. The van der Waals surface area contributed by atoms with Crippen LogP contribution >= 0.6 is 0 Å². The molecule has 0 saturated carbocycles. The zero-order valence-electron chi connectivity index (χ0n) is 16.9. The number of nitrogens with zero attached hydrogens (tertiary/aromatic N) is 5. The van der Waals surface area contributed by atoms with E-state index in [1.165, 1.54) is 11.1 Å². The van der Waals surface area contributed by atoms with E-state index in [0.717, 1.165) is 39.2 Å². The van der Waals surface area contributed by atoms with Crippen molar-refractivity contribution in [2.24, 2.45) is 7.05 Å². The molecule has 2 aromatic heterocycles. The van der Waals surface area contributed by atoms with Gasteiger partial charge in [-0.3, -0.25) is 14.6 Å². The molecule has 2 heterocycles. The van der Waals surface area contributed by atoms with Gasteiger partial charge in [-0.1, -0.05) is 30.3 Å². The van der Waals surface area contributed by atoms with Crippen LogP contribution in [0.2, 0.25) is 0 Å². The maximum atomic E-state index is 4.53. The number of imidazole rings is 1. The topological polar surface area (TPSA) is 48.5 Å². The van der Waals surface area contributed by atoms with E-state index < -0.39 is 0 Å². The Labute approximate surface area is 188 Å². The molecule has 30 heavy (non-hydrogen) atoms. The van der Waals surface area contributed by atoms with Crippen LogP contribution in [0.1, 0.15) is 11.1 Å². The summed E-state index contributed by atoms with van der Waals surface area (Å²) in [4.78, 5) is 8.98. The summed E-state index contributed by atoms with van der Waals surface area (Å²) in [5.74, 6) is 0.760. The Bertz CT molecular complexity index is 1310. The SMILES string of the molecule is Cc1cc(-c2ccccc2)cc(C)c1-n1ncnc1-c1[c-]cc2c(c1)ncn2C.[Ir].